The van der Waals surface area contributed by atoms with E-state index in [2.05, 4.69) is 38.7 Å². The Morgan fingerprint density at radius 1 is 1.35 bits per heavy atom. The molecule has 0 bridgehead atoms. The van der Waals surface area contributed by atoms with E-state index in [0.717, 1.165) is 32.7 Å². The average molecular weight is 240 g/mol. The summed E-state index contributed by atoms with van der Waals surface area (Å²) in [6.45, 7) is 12.7. The zero-order valence-corrected chi connectivity index (χ0v) is 12.0. The van der Waals surface area contributed by atoms with Crippen molar-refractivity contribution in [1.29, 1.82) is 0 Å². The molecule has 1 rings (SSSR count). The van der Waals surface area contributed by atoms with Crippen molar-refractivity contribution in [1.82, 2.24) is 4.90 Å². The van der Waals surface area contributed by atoms with Crippen LogP contribution in [0.2, 0.25) is 0 Å². The molecule has 0 atom stereocenters. The molecule has 17 heavy (non-hydrogen) atoms. The van der Waals surface area contributed by atoms with Crippen LogP contribution in [0.15, 0.2) is 11.6 Å². The third-order valence-electron chi connectivity index (χ3n) is 4.08. The normalized spacial score (nSPS) is 19.3. The van der Waals surface area contributed by atoms with E-state index in [-0.39, 0.29) is 11.0 Å². The predicted molar refractivity (Wildman–Crippen MR) is 73.1 cm³/mol. The van der Waals surface area contributed by atoms with Crippen LogP contribution in [0.4, 0.5) is 0 Å². The first-order chi connectivity index (χ1) is 7.76. The lowest BCUT2D eigenvalue weighted by atomic mass is 9.74. The fourth-order valence-corrected chi connectivity index (χ4v) is 1.98. The Bertz CT molecular complexity index is 276. The number of ether oxygens (including phenoxy) is 1. The molecule has 100 valence electrons. The molecular weight excluding hydrogens is 212 g/mol. The first-order valence-corrected chi connectivity index (χ1v) is 6.44. The lowest BCUT2D eigenvalue weighted by Crippen LogP contribution is -2.53. The van der Waals surface area contributed by atoms with Crippen molar-refractivity contribution >= 4 is 0 Å². The van der Waals surface area contributed by atoms with Gasteiger partial charge in [0, 0.05) is 32.3 Å². The summed E-state index contributed by atoms with van der Waals surface area (Å²) in [7, 11) is 1.76. The zero-order chi connectivity index (χ0) is 13.1. The smallest absolute Gasteiger partial charge is 0.0673 e. The van der Waals surface area contributed by atoms with Crippen LogP contribution in [0, 0.1) is 5.41 Å². The molecule has 0 aliphatic carbocycles. The minimum atomic E-state index is -0.149. The summed E-state index contributed by atoms with van der Waals surface area (Å²) in [6, 6.07) is 0. The highest BCUT2D eigenvalue weighted by atomic mass is 16.5. The maximum absolute atomic E-state index is 6.24. The maximum Gasteiger partial charge on any atom is 0.0673 e. The van der Waals surface area contributed by atoms with Gasteiger partial charge in [-0.25, -0.2) is 0 Å². The van der Waals surface area contributed by atoms with Gasteiger partial charge in [0.2, 0.25) is 0 Å². The number of nitrogens with two attached hydrogens (primary N) is 1. The number of rotatable bonds is 5. The minimum Gasteiger partial charge on any atom is -0.380 e. The van der Waals surface area contributed by atoms with Crippen molar-refractivity contribution in [2.45, 2.75) is 39.7 Å². The molecular formula is C14H28N2O. The average Bonchev–Trinajstić information content (AvgIpc) is 2.19. The topological polar surface area (TPSA) is 38.5 Å². The van der Waals surface area contributed by atoms with Crippen LogP contribution in [-0.2, 0) is 4.74 Å². The Kier molecular flexibility index (Phi) is 4.76. The molecule has 3 nitrogen and oxygen atoms in total. The van der Waals surface area contributed by atoms with Gasteiger partial charge < -0.3 is 10.5 Å². The number of hydrogen-bond acceptors (Lipinski definition) is 3. The Hall–Kier alpha value is -0.380. The van der Waals surface area contributed by atoms with E-state index in [1.807, 2.05) is 0 Å². The van der Waals surface area contributed by atoms with E-state index < -0.39 is 0 Å². The first-order valence-electron chi connectivity index (χ1n) is 6.44. The second-order valence-electron chi connectivity index (χ2n) is 6.39. The predicted octanol–water partition coefficient (Wildman–Crippen LogP) is 2.03. The summed E-state index contributed by atoms with van der Waals surface area (Å²) in [4.78, 5) is 2.48. The summed E-state index contributed by atoms with van der Waals surface area (Å²) in [6.07, 6.45) is 3.42. The molecule has 0 spiro atoms. The van der Waals surface area contributed by atoms with Gasteiger partial charge in [-0.05, 0) is 31.3 Å². The third-order valence-corrected chi connectivity index (χ3v) is 4.08. The van der Waals surface area contributed by atoms with Gasteiger partial charge in [-0.15, -0.1) is 0 Å². The van der Waals surface area contributed by atoms with Crippen molar-refractivity contribution in [3.05, 3.63) is 11.6 Å². The molecule has 0 aromatic rings. The van der Waals surface area contributed by atoms with E-state index in [4.69, 9.17) is 10.5 Å². The molecule has 0 radical (unpaired) electrons. The molecule has 0 amide bonds. The van der Waals surface area contributed by atoms with Crippen molar-refractivity contribution < 1.29 is 4.74 Å². The molecule has 0 saturated carbocycles. The van der Waals surface area contributed by atoms with Crippen LogP contribution in [0.5, 0.6) is 0 Å². The Labute approximate surface area is 106 Å². The van der Waals surface area contributed by atoms with Crippen LogP contribution < -0.4 is 5.73 Å². The standard InChI is InChI=1S/C14H28N2O/c1-13(2,14(3,4)15)11-16-8-6-12(7-9-16)10-17-5/h6H,7-11,15H2,1-5H3. The lowest BCUT2D eigenvalue weighted by molar-refractivity contribution is 0.116. The van der Waals surface area contributed by atoms with Gasteiger partial charge in [0.15, 0.2) is 0 Å². The SMILES string of the molecule is COCC1=CCN(CC(C)(C)C(C)(C)N)CC1. The highest BCUT2D eigenvalue weighted by Gasteiger charge is 2.35. The van der Waals surface area contributed by atoms with Crippen molar-refractivity contribution in [3.8, 4) is 0 Å². The van der Waals surface area contributed by atoms with Gasteiger partial charge in [0.1, 0.15) is 0 Å². The van der Waals surface area contributed by atoms with E-state index in [9.17, 15) is 0 Å². The second-order valence-corrected chi connectivity index (χ2v) is 6.39. The third kappa shape index (κ3) is 4.09. The van der Waals surface area contributed by atoms with Gasteiger partial charge >= 0.3 is 0 Å². The fourth-order valence-electron chi connectivity index (χ4n) is 1.98. The largest absolute Gasteiger partial charge is 0.380 e. The van der Waals surface area contributed by atoms with Crippen LogP contribution in [0.25, 0.3) is 0 Å². The molecule has 1 aliphatic rings. The molecule has 0 aromatic carbocycles. The van der Waals surface area contributed by atoms with Crippen LogP contribution in [-0.4, -0.2) is 43.8 Å². The summed E-state index contributed by atoms with van der Waals surface area (Å²) in [5, 5.41) is 0. The van der Waals surface area contributed by atoms with Crippen LogP contribution >= 0.6 is 0 Å². The Morgan fingerprint density at radius 3 is 2.41 bits per heavy atom. The van der Waals surface area contributed by atoms with Gasteiger partial charge in [-0.1, -0.05) is 19.9 Å². The van der Waals surface area contributed by atoms with E-state index >= 15 is 0 Å². The quantitative estimate of drug-likeness (QED) is 0.747. The summed E-state index contributed by atoms with van der Waals surface area (Å²) >= 11 is 0. The maximum atomic E-state index is 6.24. The van der Waals surface area contributed by atoms with Gasteiger partial charge in [0.25, 0.3) is 0 Å². The van der Waals surface area contributed by atoms with Crippen molar-refractivity contribution in [2.24, 2.45) is 11.1 Å². The number of hydrogen-bond donors (Lipinski definition) is 1. The van der Waals surface area contributed by atoms with E-state index in [0.29, 0.717) is 0 Å². The van der Waals surface area contributed by atoms with Crippen molar-refractivity contribution in [3.63, 3.8) is 0 Å². The molecule has 2 N–H and O–H groups in total. The van der Waals surface area contributed by atoms with Crippen LogP contribution in [0.3, 0.4) is 0 Å². The molecule has 0 saturated heterocycles. The Morgan fingerprint density at radius 2 is 2.00 bits per heavy atom. The highest BCUT2D eigenvalue weighted by molar-refractivity contribution is 5.08. The van der Waals surface area contributed by atoms with Gasteiger partial charge in [0.05, 0.1) is 6.61 Å². The minimum absolute atomic E-state index is 0.125. The lowest BCUT2D eigenvalue weighted by Gasteiger charge is -2.42. The molecule has 3 heteroatoms. The van der Waals surface area contributed by atoms with Gasteiger partial charge in [-0.2, -0.15) is 0 Å². The van der Waals surface area contributed by atoms with E-state index in [1.54, 1.807) is 7.11 Å². The second kappa shape index (κ2) is 5.51. The number of nitrogens with zero attached hydrogens (tertiary/aromatic N) is 1. The zero-order valence-electron chi connectivity index (χ0n) is 12.0. The Balaban J connectivity index is 2.51. The summed E-state index contributed by atoms with van der Waals surface area (Å²) in [5.74, 6) is 0. The fraction of sp³-hybridized carbons (Fsp3) is 0.857. The first kappa shape index (κ1) is 14.7. The summed E-state index contributed by atoms with van der Waals surface area (Å²) in [5.41, 5.74) is 7.64. The van der Waals surface area contributed by atoms with E-state index in [1.165, 1.54) is 5.57 Å². The molecule has 0 unspecified atom stereocenters. The monoisotopic (exact) mass is 240 g/mol. The van der Waals surface area contributed by atoms with Crippen LogP contribution in [0.1, 0.15) is 34.1 Å². The number of methoxy groups -OCH3 is 1. The molecule has 0 fully saturated rings. The van der Waals surface area contributed by atoms with Crippen molar-refractivity contribution in [2.75, 3.05) is 33.4 Å². The summed E-state index contributed by atoms with van der Waals surface area (Å²) < 4.78 is 5.16. The molecule has 1 aliphatic heterocycles. The highest BCUT2D eigenvalue weighted by Crippen LogP contribution is 2.30. The molecule has 0 aromatic heterocycles. The van der Waals surface area contributed by atoms with Gasteiger partial charge in [-0.3, -0.25) is 4.90 Å². The molecule has 1 heterocycles.